The fourth-order valence-electron chi connectivity index (χ4n) is 3.70. The maximum Gasteiger partial charge on any atom is 0.227 e. The molecule has 2 fully saturated rings. The normalized spacial score (nSPS) is 22.5. The van der Waals surface area contributed by atoms with Crippen LogP contribution in [0.4, 0.5) is 0 Å². The number of hydrogen-bond acceptors (Lipinski definition) is 4. The first-order chi connectivity index (χ1) is 11.6. The highest BCUT2D eigenvalue weighted by Gasteiger charge is 2.36. The predicted molar refractivity (Wildman–Crippen MR) is 88.3 cm³/mol. The minimum absolute atomic E-state index is 0.0645. The smallest absolute Gasteiger partial charge is 0.227 e. The highest BCUT2D eigenvalue weighted by atomic mass is 16.3. The number of aromatic nitrogens is 1. The second-order valence-electron chi connectivity index (χ2n) is 6.79. The highest BCUT2D eigenvalue weighted by molar-refractivity contribution is 5.89. The molecule has 0 N–H and O–H groups in total. The molecule has 0 bridgehead atoms. The van der Waals surface area contributed by atoms with Gasteiger partial charge in [0.1, 0.15) is 5.52 Å². The maximum absolute atomic E-state index is 12.6. The molecule has 0 unspecified atom stereocenters. The van der Waals surface area contributed by atoms with E-state index in [1.807, 2.05) is 29.2 Å². The van der Waals surface area contributed by atoms with Crippen LogP contribution in [0.1, 0.15) is 31.1 Å². The van der Waals surface area contributed by atoms with Crippen molar-refractivity contribution in [2.24, 2.45) is 5.92 Å². The minimum Gasteiger partial charge on any atom is -0.440 e. The van der Waals surface area contributed by atoms with Crippen molar-refractivity contribution in [3.05, 3.63) is 30.2 Å². The minimum atomic E-state index is -0.177. The number of rotatable bonds is 2. The number of carbonyl (C=O) groups is 2. The van der Waals surface area contributed by atoms with E-state index in [4.69, 9.17) is 4.42 Å². The average molecular weight is 327 g/mol. The number of oxazole rings is 1. The molecule has 2 aromatic rings. The zero-order valence-electron chi connectivity index (χ0n) is 13.8. The third-order valence-electron chi connectivity index (χ3n) is 5.16. The SMILES string of the molecule is CN1C[C@@H](C(=O)N2CCC(c3nc4ccccc4o3)CC2)CC1=O. The Hall–Kier alpha value is -2.37. The van der Waals surface area contributed by atoms with Crippen LogP contribution in [0.15, 0.2) is 28.7 Å². The van der Waals surface area contributed by atoms with E-state index in [0.29, 0.717) is 26.1 Å². The Morgan fingerprint density at radius 1 is 1.25 bits per heavy atom. The lowest BCUT2D eigenvalue weighted by molar-refractivity contribution is -0.136. The standard InChI is InChI=1S/C18H21N3O3/c1-20-11-13(10-16(20)22)18(23)21-8-6-12(7-9-21)17-19-14-4-2-3-5-15(14)24-17/h2-5,12-13H,6-11H2,1H3/t13-/m0/s1. The first kappa shape index (κ1) is 15.2. The molecule has 2 amide bonds. The molecule has 1 aromatic carbocycles. The van der Waals surface area contributed by atoms with Gasteiger partial charge >= 0.3 is 0 Å². The summed E-state index contributed by atoms with van der Waals surface area (Å²) in [5.74, 6) is 1.04. The molecule has 0 radical (unpaired) electrons. The summed E-state index contributed by atoms with van der Waals surface area (Å²) in [6, 6.07) is 7.78. The van der Waals surface area contributed by atoms with Crippen molar-refractivity contribution < 1.29 is 14.0 Å². The van der Waals surface area contributed by atoms with E-state index in [2.05, 4.69) is 4.98 Å². The largest absolute Gasteiger partial charge is 0.440 e. The summed E-state index contributed by atoms with van der Waals surface area (Å²) < 4.78 is 5.87. The molecular formula is C18H21N3O3. The molecule has 0 spiro atoms. The Kier molecular flexibility index (Phi) is 3.75. The summed E-state index contributed by atoms with van der Waals surface area (Å²) in [6.07, 6.45) is 2.06. The van der Waals surface area contributed by atoms with Crippen molar-refractivity contribution in [2.75, 3.05) is 26.7 Å². The first-order valence-electron chi connectivity index (χ1n) is 8.50. The van der Waals surface area contributed by atoms with Gasteiger partial charge in [-0.3, -0.25) is 9.59 Å². The van der Waals surface area contributed by atoms with E-state index >= 15 is 0 Å². The van der Waals surface area contributed by atoms with Crippen LogP contribution in [0.3, 0.4) is 0 Å². The van der Waals surface area contributed by atoms with Crippen molar-refractivity contribution in [3.63, 3.8) is 0 Å². The average Bonchev–Trinajstić information content (AvgIpc) is 3.18. The molecule has 1 atom stereocenters. The number of benzene rings is 1. The summed E-state index contributed by atoms with van der Waals surface area (Å²) in [5.41, 5.74) is 1.71. The van der Waals surface area contributed by atoms with Gasteiger partial charge in [0.15, 0.2) is 11.5 Å². The molecule has 0 saturated carbocycles. The second kappa shape index (κ2) is 5.92. The molecule has 6 nitrogen and oxygen atoms in total. The van der Waals surface area contributed by atoms with E-state index in [1.165, 1.54) is 0 Å². The van der Waals surface area contributed by atoms with Crippen molar-refractivity contribution in [3.8, 4) is 0 Å². The number of amides is 2. The molecule has 4 rings (SSSR count). The first-order valence-corrected chi connectivity index (χ1v) is 8.50. The van der Waals surface area contributed by atoms with E-state index in [1.54, 1.807) is 11.9 Å². The zero-order valence-corrected chi connectivity index (χ0v) is 13.8. The van der Waals surface area contributed by atoms with Crippen LogP contribution < -0.4 is 0 Å². The molecule has 2 saturated heterocycles. The number of likely N-dealkylation sites (tertiary alicyclic amines) is 2. The van der Waals surface area contributed by atoms with E-state index in [0.717, 1.165) is 29.8 Å². The van der Waals surface area contributed by atoms with Crippen LogP contribution in [0.5, 0.6) is 0 Å². The Labute approximate surface area is 140 Å². The summed E-state index contributed by atoms with van der Waals surface area (Å²) >= 11 is 0. The molecule has 2 aliphatic rings. The van der Waals surface area contributed by atoms with Crippen LogP contribution in [-0.2, 0) is 9.59 Å². The molecule has 1 aromatic heterocycles. The van der Waals surface area contributed by atoms with Crippen molar-refractivity contribution in [1.82, 2.24) is 14.8 Å². The van der Waals surface area contributed by atoms with Crippen molar-refractivity contribution in [2.45, 2.75) is 25.2 Å². The van der Waals surface area contributed by atoms with Crippen LogP contribution >= 0.6 is 0 Å². The Morgan fingerprint density at radius 2 is 2.00 bits per heavy atom. The summed E-state index contributed by atoms with van der Waals surface area (Å²) in [7, 11) is 1.76. The number of piperidine rings is 1. The predicted octanol–water partition coefficient (Wildman–Crippen LogP) is 2.01. The van der Waals surface area contributed by atoms with Gasteiger partial charge in [-0.2, -0.15) is 0 Å². The molecule has 2 aliphatic heterocycles. The van der Waals surface area contributed by atoms with Crippen LogP contribution in [0.25, 0.3) is 11.1 Å². The fourth-order valence-corrected chi connectivity index (χ4v) is 3.70. The fraction of sp³-hybridized carbons (Fsp3) is 0.500. The summed E-state index contributed by atoms with van der Waals surface area (Å²) in [6.45, 7) is 1.95. The number of carbonyl (C=O) groups excluding carboxylic acids is 2. The number of hydrogen-bond donors (Lipinski definition) is 0. The lowest BCUT2D eigenvalue weighted by Gasteiger charge is -2.32. The molecule has 3 heterocycles. The lowest BCUT2D eigenvalue weighted by atomic mass is 9.95. The summed E-state index contributed by atoms with van der Waals surface area (Å²) in [4.78, 5) is 32.3. The van der Waals surface area contributed by atoms with E-state index in [-0.39, 0.29) is 23.7 Å². The van der Waals surface area contributed by atoms with Gasteiger partial charge in [0.2, 0.25) is 11.8 Å². The van der Waals surface area contributed by atoms with Crippen molar-refractivity contribution in [1.29, 1.82) is 0 Å². The van der Waals surface area contributed by atoms with Crippen molar-refractivity contribution >= 4 is 22.9 Å². The summed E-state index contributed by atoms with van der Waals surface area (Å²) in [5, 5.41) is 0. The maximum atomic E-state index is 12.6. The van der Waals surface area contributed by atoms with Gasteiger partial charge in [-0.1, -0.05) is 12.1 Å². The van der Waals surface area contributed by atoms with Gasteiger partial charge in [0.05, 0.1) is 5.92 Å². The van der Waals surface area contributed by atoms with E-state index in [9.17, 15) is 9.59 Å². The quantitative estimate of drug-likeness (QED) is 0.846. The molecule has 24 heavy (non-hydrogen) atoms. The van der Waals surface area contributed by atoms with Crippen LogP contribution in [0, 0.1) is 5.92 Å². The topological polar surface area (TPSA) is 66.7 Å². The number of nitrogens with zero attached hydrogens (tertiary/aromatic N) is 3. The molecule has 6 heteroatoms. The highest BCUT2D eigenvalue weighted by Crippen LogP contribution is 2.31. The van der Waals surface area contributed by atoms with Gasteiger partial charge in [-0.25, -0.2) is 4.98 Å². The zero-order chi connectivity index (χ0) is 16.7. The molecule has 0 aliphatic carbocycles. The Balaban J connectivity index is 1.39. The Bertz CT molecular complexity index is 744. The van der Waals surface area contributed by atoms with Gasteiger partial charge in [0.25, 0.3) is 0 Å². The van der Waals surface area contributed by atoms with Gasteiger partial charge in [-0.05, 0) is 25.0 Å². The van der Waals surface area contributed by atoms with Crippen LogP contribution in [0.2, 0.25) is 0 Å². The third-order valence-corrected chi connectivity index (χ3v) is 5.16. The molecular weight excluding hydrogens is 306 g/mol. The van der Waals surface area contributed by atoms with E-state index < -0.39 is 0 Å². The number of para-hydroxylation sites is 2. The lowest BCUT2D eigenvalue weighted by Crippen LogP contribution is -2.42. The molecule has 126 valence electrons. The van der Waals surface area contributed by atoms with Gasteiger partial charge in [-0.15, -0.1) is 0 Å². The van der Waals surface area contributed by atoms with Crippen LogP contribution in [-0.4, -0.2) is 53.3 Å². The number of fused-ring (bicyclic) bond motifs is 1. The monoisotopic (exact) mass is 327 g/mol. The Morgan fingerprint density at radius 3 is 2.67 bits per heavy atom. The van der Waals surface area contributed by atoms with Gasteiger partial charge in [0, 0.05) is 39.0 Å². The second-order valence-corrected chi connectivity index (χ2v) is 6.79. The third kappa shape index (κ3) is 2.66. The van der Waals surface area contributed by atoms with Gasteiger partial charge < -0.3 is 14.2 Å².